The summed E-state index contributed by atoms with van der Waals surface area (Å²) in [5.41, 5.74) is -2.11. The molecule has 1 aliphatic rings. The molecule has 3 amide bonds. The van der Waals surface area contributed by atoms with E-state index in [9.17, 15) is 14.4 Å². The number of carbonyl (C=O) groups excluding carboxylic acids is 3. The van der Waals surface area contributed by atoms with Crippen LogP contribution in [0.3, 0.4) is 0 Å². The van der Waals surface area contributed by atoms with Crippen LogP contribution < -0.4 is 5.32 Å². The lowest BCUT2D eigenvalue weighted by atomic mass is 10.0. The Kier molecular flexibility index (Phi) is 9.79. The summed E-state index contributed by atoms with van der Waals surface area (Å²) in [5.74, 6) is 2.54. The summed E-state index contributed by atoms with van der Waals surface area (Å²) in [5, 5.41) is 2.56. The fourth-order valence-electron chi connectivity index (χ4n) is 3.09. The molecule has 0 atom stereocenters. The largest absolute Gasteiger partial charge is 0.444 e. The Labute approximate surface area is 203 Å². The SMILES string of the molecule is C#CCN(C(=O)OC(C)(C)C)C1CCN(C(=NC(=O)OC(C)(C)C)NC(=O)OC(C)(C)C)CC1. The number of terminal acetylenes is 1. The summed E-state index contributed by atoms with van der Waals surface area (Å²) in [6, 6.07) is -0.161. The number of ether oxygens (including phenoxy) is 3. The van der Waals surface area contributed by atoms with Crippen molar-refractivity contribution < 1.29 is 28.6 Å². The average Bonchev–Trinajstić information content (AvgIpc) is 2.61. The van der Waals surface area contributed by atoms with E-state index >= 15 is 0 Å². The topological polar surface area (TPSA) is 110 Å². The number of nitrogens with one attached hydrogen (secondary N) is 1. The molecule has 1 N–H and O–H groups in total. The van der Waals surface area contributed by atoms with Crippen molar-refractivity contribution in [2.24, 2.45) is 4.99 Å². The molecule has 0 aromatic rings. The van der Waals surface area contributed by atoms with E-state index in [-0.39, 0.29) is 18.5 Å². The lowest BCUT2D eigenvalue weighted by Gasteiger charge is -2.39. The molecule has 192 valence electrons. The van der Waals surface area contributed by atoms with Crippen LogP contribution in [0.4, 0.5) is 14.4 Å². The Bertz CT molecular complexity index is 803. The summed E-state index contributed by atoms with van der Waals surface area (Å²) < 4.78 is 16.1. The van der Waals surface area contributed by atoms with Gasteiger partial charge in [-0.25, -0.2) is 14.4 Å². The predicted octanol–water partition coefficient (Wildman–Crippen LogP) is 4.14. The maximum atomic E-state index is 12.7. The van der Waals surface area contributed by atoms with Gasteiger partial charge in [0.05, 0.1) is 6.54 Å². The highest BCUT2D eigenvalue weighted by Gasteiger charge is 2.32. The highest BCUT2D eigenvalue weighted by Crippen LogP contribution is 2.20. The van der Waals surface area contributed by atoms with Crippen LogP contribution >= 0.6 is 0 Å². The fourth-order valence-corrected chi connectivity index (χ4v) is 3.09. The molecular weight excluding hydrogens is 440 g/mol. The van der Waals surface area contributed by atoms with Gasteiger partial charge in [-0.2, -0.15) is 0 Å². The molecular formula is C24H40N4O6. The standard InChI is InChI=1S/C24H40N4O6/c1-11-14-28(21(31)34-24(8,9)10)17-12-15-27(16-13-17)18(25-19(29)32-22(2,3)4)26-20(30)33-23(5,6)7/h1,17H,12-16H2,2-10H3,(H,25,26,29,30). The zero-order valence-corrected chi connectivity index (χ0v) is 22.0. The van der Waals surface area contributed by atoms with E-state index < -0.39 is 35.1 Å². The van der Waals surface area contributed by atoms with Gasteiger partial charge in [-0.05, 0) is 75.2 Å². The van der Waals surface area contributed by atoms with Crippen molar-refractivity contribution in [3.05, 3.63) is 0 Å². The van der Waals surface area contributed by atoms with Crippen molar-refractivity contribution in [2.75, 3.05) is 19.6 Å². The van der Waals surface area contributed by atoms with E-state index in [0.717, 1.165) is 0 Å². The number of amides is 3. The van der Waals surface area contributed by atoms with Crippen molar-refractivity contribution in [3.63, 3.8) is 0 Å². The first kappa shape index (κ1) is 29.1. The Morgan fingerprint density at radius 2 is 1.44 bits per heavy atom. The summed E-state index contributed by atoms with van der Waals surface area (Å²) in [6.07, 6.45) is 4.51. The number of carbonyl (C=O) groups is 3. The Morgan fingerprint density at radius 3 is 1.88 bits per heavy atom. The Balaban J connectivity index is 3.00. The van der Waals surface area contributed by atoms with Gasteiger partial charge in [0.25, 0.3) is 0 Å². The van der Waals surface area contributed by atoms with E-state index in [1.54, 1.807) is 67.2 Å². The minimum absolute atomic E-state index is 0.0303. The predicted molar refractivity (Wildman–Crippen MR) is 129 cm³/mol. The highest BCUT2D eigenvalue weighted by atomic mass is 16.6. The number of nitrogens with zero attached hydrogens (tertiary/aromatic N) is 3. The summed E-state index contributed by atoms with van der Waals surface area (Å²) in [7, 11) is 0. The van der Waals surface area contributed by atoms with Gasteiger partial charge in [0.15, 0.2) is 0 Å². The Hall–Kier alpha value is -2.96. The van der Waals surface area contributed by atoms with Crippen molar-refractivity contribution in [3.8, 4) is 12.3 Å². The number of hydrogen-bond donors (Lipinski definition) is 1. The third-order valence-electron chi connectivity index (χ3n) is 4.30. The molecule has 0 bridgehead atoms. The van der Waals surface area contributed by atoms with Crippen LogP contribution in [0.2, 0.25) is 0 Å². The molecule has 1 rings (SSSR count). The van der Waals surface area contributed by atoms with E-state index in [4.69, 9.17) is 20.6 Å². The van der Waals surface area contributed by atoms with Crippen LogP contribution in [0, 0.1) is 12.3 Å². The second-order valence-electron chi connectivity index (χ2n) is 11.1. The normalized spacial score (nSPS) is 15.8. The molecule has 1 saturated heterocycles. The molecule has 0 unspecified atom stereocenters. The number of aliphatic imine (C=N–C) groups is 1. The average molecular weight is 481 g/mol. The quantitative estimate of drug-likeness (QED) is 0.274. The molecule has 0 aliphatic carbocycles. The van der Waals surface area contributed by atoms with Gasteiger partial charge < -0.3 is 19.1 Å². The molecule has 1 aliphatic heterocycles. The van der Waals surface area contributed by atoms with Crippen LogP contribution in [0.25, 0.3) is 0 Å². The number of piperidine rings is 1. The first-order chi connectivity index (χ1) is 15.4. The first-order valence-corrected chi connectivity index (χ1v) is 11.4. The second-order valence-corrected chi connectivity index (χ2v) is 11.1. The highest BCUT2D eigenvalue weighted by molar-refractivity contribution is 5.99. The van der Waals surface area contributed by atoms with Crippen molar-refractivity contribution in [1.29, 1.82) is 0 Å². The third-order valence-corrected chi connectivity index (χ3v) is 4.30. The van der Waals surface area contributed by atoms with Crippen molar-refractivity contribution >= 4 is 24.2 Å². The van der Waals surface area contributed by atoms with Gasteiger partial charge in [-0.3, -0.25) is 10.2 Å². The maximum absolute atomic E-state index is 12.7. The number of guanidine groups is 1. The van der Waals surface area contributed by atoms with Gasteiger partial charge >= 0.3 is 18.3 Å². The van der Waals surface area contributed by atoms with E-state index in [2.05, 4.69) is 16.2 Å². The fraction of sp³-hybridized carbons (Fsp3) is 0.750. The van der Waals surface area contributed by atoms with Gasteiger partial charge in [-0.15, -0.1) is 11.4 Å². The molecule has 34 heavy (non-hydrogen) atoms. The summed E-state index contributed by atoms with van der Waals surface area (Å²) in [6.45, 7) is 16.7. The van der Waals surface area contributed by atoms with Gasteiger partial charge in [-0.1, -0.05) is 5.92 Å². The molecule has 0 aromatic carbocycles. The van der Waals surface area contributed by atoms with Crippen molar-refractivity contribution in [1.82, 2.24) is 15.1 Å². The molecule has 10 heteroatoms. The first-order valence-electron chi connectivity index (χ1n) is 11.4. The molecule has 10 nitrogen and oxygen atoms in total. The summed E-state index contributed by atoms with van der Waals surface area (Å²) in [4.78, 5) is 44.6. The Morgan fingerprint density at radius 1 is 0.941 bits per heavy atom. The van der Waals surface area contributed by atoms with E-state index in [1.807, 2.05) is 0 Å². The third kappa shape index (κ3) is 11.3. The molecule has 0 spiro atoms. The lowest BCUT2D eigenvalue weighted by Crippen LogP contribution is -2.53. The van der Waals surface area contributed by atoms with Crippen LogP contribution in [0.5, 0.6) is 0 Å². The zero-order chi connectivity index (χ0) is 26.3. The minimum atomic E-state index is -0.830. The number of alkyl carbamates (subject to hydrolysis) is 1. The molecule has 0 radical (unpaired) electrons. The van der Waals surface area contributed by atoms with E-state index in [1.165, 1.54) is 4.90 Å². The minimum Gasteiger partial charge on any atom is -0.444 e. The van der Waals surface area contributed by atoms with Crippen LogP contribution in [0.15, 0.2) is 4.99 Å². The lowest BCUT2D eigenvalue weighted by molar-refractivity contribution is 0.0141. The van der Waals surface area contributed by atoms with Crippen LogP contribution in [0.1, 0.15) is 75.2 Å². The molecule has 0 aromatic heterocycles. The van der Waals surface area contributed by atoms with Crippen LogP contribution in [-0.2, 0) is 14.2 Å². The molecule has 0 saturated carbocycles. The monoisotopic (exact) mass is 480 g/mol. The molecule has 1 heterocycles. The number of hydrogen-bond acceptors (Lipinski definition) is 6. The van der Waals surface area contributed by atoms with Gasteiger partial charge in [0.1, 0.15) is 16.8 Å². The van der Waals surface area contributed by atoms with Crippen LogP contribution in [-0.4, -0.2) is 76.5 Å². The van der Waals surface area contributed by atoms with E-state index in [0.29, 0.717) is 25.9 Å². The number of rotatable bonds is 2. The summed E-state index contributed by atoms with van der Waals surface area (Å²) >= 11 is 0. The second kappa shape index (κ2) is 11.4. The van der Waals surface area contributed by atoms with Crippen molar-refractivity contribution in [2.45, 2.75) is 98.0 Å². The van der Waals surface area contributed by atoms with Gasteiger partial charge in [0.2, 0.25) is 5.96 Å². The molecule has 1 fully saturated rings. The smallest absolute Gasteiger partial charge is 0.437 e. The van der Waals surface area contributed by atoms with Gasteiger partial charge in [0, 0.05) is 19.1 Å². The number of likely N-dealkylation sites (tertiary alicyclic amines) is 1. The zero-order valence-electron chi connectivity index (χ0n) is 22.0. The maximum Gasteiger partial charge on any atom is 0.437 e.